The standard InChI is InChI=1S/C27H32N6O2.C23H20F3N5O/c1-17-15-32(16-28-17)22-11-10-21(29-26(22)35-6)24-30-25-19(8-7-13-33(25)31-24)18-9-12-23(34-5)20(14-18)27(2,3)4;1-14-11-31(13-27-14)20-8-7-18(29-22(20)32-2)19-12-30-10-9-16(21(30)28-19)15-5-3-4-6-17(15)23(24,25)26/h9-12,14-16,19H,7-8,13H2,1-6H3;3-8,11-13,16H,9-10H2,1-2H3/t19-;16-/m00/s1. The highest BCUT2D eigenvalue weighted by molar-refractivity contribution is 5.59. The molecular weight excluding hydrogens is 860 g/mol. The lowest BCUT2D eigenvalue weighted by molar-refractivity contribution is -0.138. The van der Waals surface area contributed by atoms with Crippen LogP contribution < -0.4 is 14.2 Å². The van der Waals surface area contributed by atoms with Gasteiger partial charge in [0, 0.05) is 43.5 Å². The molecule has 2 atom stereocenters. The van der Waals surface area contributed by atoms with Gasteiger partial charge in [0.25, 0.3) is 0 Å². The number of methoxy groups -OCH3 is 3. The first-order valence-electron chi connectivity index (χ1n) is 22.1. The van der Waals surface area contributed by atoms with E-state index < -0.39 is 17.7 Å². The van der Waals surface area contributed by atoms with Crippen LogP contribution in [-0.2, 0) is 24.7 Å². The molecular formula is C50H52F3N11O3. The molecule has 0 saturated heterocycles. The number of benzene rings is 2. The highest BCUT2D eigenvalue weighted by atomic mass is 19.4. The van der Waals surface area contributed by atoms with Gasteiger partial charge in [-0.2, -0.15) is 13.2 Å². The van der Waals surface area contributed by atoms with Crippen LogP contribution in [0.1, 0.15) is 97.2 Å². The molecule has 0 spiro atoms. The second kappa shape index (κ2) is 17.8. The maximum Gasteiger partial charge on any atom is 0.416 e. The third-order valence-electron chi connectivity index (χ3n) is 12.3. The minimum absolute atomic E-state index is 0.0230. The summed E-state index contributed by atoms with van der Waals surface area (Å²) < 4.78 is 65.1. The summed E-state index contributed by atoms with van der Waals surface area (Å²) >= 11 is 0. The molecule has 67 heavy (non-hydrogen) atoms. The Labute approximate surface area is 386 Å². The number of nitrogens with zero attached hydrogens (tertiary/aromatic N) is 11. The van der Waals surface area contributed by atoms with Gasteiger partial charge >= 0.3 is 6.18 Å². The van der Waals surface area contributed by atoms with Crippen LogP contribution in [0.15, 0.2) is 98.0 Å². The number of hydrogen-bond acceptors (Lipinski definition) is 10. The smallest absolute Gasteiger partial charge is 0.416 e. The molecule has 0 saturated carbocycles. The summed E-state index contributed by atoms with van der Waals surface area (Å²) in [5.41, 5.74) is 7.30. The Morgan fingerprint density at radius 3 is 1.90 bits per heavy atom. The lowest BCUT2D eigenvalue weighted by atomic mass is 9.82. The molecule has 346 valence electrons. The summed E-state index contributed by atoms with van der Waals surface area (Å²) in [6, 6.07) is 19.8. The number of rotatable bonds is 9. The fourth-order valence-electron chi connectivity index (χ4n) is 9.00. The average Bonchev–Trinajstić information content (AvgIpc) is 4.18. The average molecular weight is 912 g/mol. The van der Waals surface area contributed by atoms with Crippen molar-refractivity contribution in [3.05, 3.63) is 143 Å². The number of hydrogen-bond donors (Lipinski definition) is 0. The van der Waals surface area contributed by atoms with Crippen molar-refractivity contribution in [2.45, 2.75) is 90.4 Å². The minimum atomic E-state index is -4.41. The van der Waals surface area contributed by atoms with E-state index in [0.29, 0.717) is 53.5 Å². The molecule has 0 bridgehead atoms. The van der Waals surface area contributed by atoms with Gasteiger partial charge in [-0.05, 0) is 91.6 Å². The zero-order valence-corrected chi connectivity index (χ0v) is 38.7. The SMILES string of the molecule is COc1ccc([C@@H]2CCCn3nc(-c4ccc(-n5cnc(C)c5)c(OC)n4)nc32)cc1C(C)(C)C.COc1nc(-c2cn3c(n2)[C@H](c2ccccc2C(F)(F)F)CC3)ccc1-n1cnc(C)c1. The molecule has 14 nitrogen and oxygen atoms in total. The van der Waals surface area contributed by atoms with E-state index in [9.17, 15) is 13.2 Å². The summed E-state index contributed by atoms with van der Waals surface area (Å²) in [5.74, 6) is 3.80. The van der Waals surface area contributed by atoms with Crippen LogP contribution >= 0.6 is 0 Å². The Hall–Kier alpha value is -7.30. The minimum Gasteiger partial charge on any atom is -0.496 e. The molecule has 2 aliphatic rings. The van der Waals surface area contributed by atoms with Gasteiger partial charge in [-0.15, -0.1) is 5.10 Å². The number of ether oxygens (including phenoxy) is 3. The summed E-state index contributed by atoms with van der Waals surface area (Å²) in [4.78, 5) is 27.5. The highest BCUT2D eigenvalue weighted by Gasteiger charge is 2.38. The van der Waals surface area contributed by atoms with Gasteiger partial charge in [0.1, 0.15) is 40.2 Å². The van der Waals surface area contributed by atoms with E-state index in [1.807, 2.05) is 75.1 Å². The van der Waals surface area contributed by atoms with E-state index in [0.717, 1.165) is 59.8 Å². The van der Waals surface area contributed by atoms with Crippen molar-refractivity contribution in [1.29, 1.82) is 0 Å². The van der Waals surface area contributed by atoms with E-state index in [-0.39, 0.29) is 16.9 Å². The monoisotopic (exact) mass is 911 g/mol. The number of alkyl halides is 3. The Morgan fingerprint density at radius 1 is 0.627 bits per heavy atom. The van der Waals surface area contributed by atoms with Crippen LogP contribution in [0.25, 0.3) is 34.3 Å². The molecule has 0 unspecified atom stereocenters. The number of aromatic nitrogens is 11. The van der Waals surface area contributed by atoms with Gasteiger partial charge in [0.2, 0.25) is 11.8 Å². The Morgan fingerprint density at radius 2 is 1.28 bits per heavy atom. The number of halogens is 3. The quantitative estimate of drug-likeness (QED) is 0.138. The Kier molecular flexibility index (Phi) is 11.9. The van der Waals surface area contributed by atoms with E-state index in [4.69, 9.17) is 29.3 Å². The molecule has 10 rings (SSSR count). The van der Waals surface area contributed by atoms with Crippen LogP contribution in [0.4, 0.5) is 13.2 Å². The molecule has 8 aromatic rings. The lowest BCUT2D eigenvalue weighted by Crippen LogP contribution is -2.19. The Balaban J connectivity index is 0.000000169. The topological polar surface area (TPSA) is 138 Å². The van der Waals surface area contributed by atoms with Gasteiger partial charge in [0.05, 0.1) is 56.6 Å². The molecule has 0 aliphatic carbocycles. The van der Waals surface area contributed by atoms with Crippen molar-refractivity contribution in [2.75, 3.05) is 21.3 Å². The zero-order valence-electron chi connectivity index (χ0n) is 38.7. The first-order chi connectivity index (χ1) is 32.1. The van der Waals surface area contributed by atoms with Gasteiger partial charge in [-0.1, -0.05) is 51.1 Å². The van der Waals surface area contributed by atoms with E-state index in [2.05, 4.69) is 58.9 Å². The Bertz CT molecular complexity index is 3070. The van der Waals surface area contributed by atoms with Crippen LogP contribution in [0.2, 0.25) is 0 Å². The van der Waals surface area contributed by atoms with Crippen LogP contribution in [0.3, 0.4) is 0 Å². The summed E-state index contributed by atoms with van der Waals surface area (Å²) in [6.45, 7) is 11.9. The molecule has 2 aliphatic heterocycles. The highest BCUT2D eigenvalue weighted by Crippen LogP contribution is 2.43. The third kappa shape index (κ3) is 8.89. The lowest BCUT2D eigenvalue weighted by Gasteiger charge is -2.26. The van der Waals surface area contributed by atoms with Crippen molar-refractivity contribution in [1.82, 2.24) is 53.4 Å². The second-order valence-electron chi connectivity index (χ2n) is 17.8. The van der Waals surface area contributed by atoms with Gasteiger partial charge < -0.3 is 27.9 Å². The number of fused-ring (bicyclic) bond motifs is 2. The van der Waals surface area contributed by atoms with E-state index in [1.165, 1.54) is 24.3 Å². The maximum absolute atomic E-state index is 13.6. The van der Waals surface area contributed by atoms with Gasteiger partial charge in [0.15, 0.2) is 5.82 Å². The predicted octanol–water partition coefficient (Wildman–Crippen LogP) is 10.1. The molecule has 0 amide bonds. The summed E-state index contributed by atoms with van der Waals surface area (Å²) in [5, 5.41) is 4.83. The van der Waals surface area contributed by atoms with Crippen LogP contribution in [0, 0.1) is 13.8 Å². The van der Waals surface area contributed by atoms with Gasteiger partial charge in [-0.25, -0.2) is 34.6 Å². The van der Waals surface area contributed by atoms with Gasteiger partial charge in [-0.3, -0.25) is 0 Å². The van der Waals surface area contributed by atoms with Crippen LogP contribution in [-0.4, -0.2) is 74.7 Å². The van der Waals surface area contributed by atoms with E-state index >= 15 is 0 Å². The van der Waals surface area contributed by atoms with Crippen molar-refractivity contribution < 1.29 is 27.4 Å². The largest absolute Gasteiger partial charge is 0.496 e. The number of imidazole rings is 3. The molecule has 8 heterocycles. The molecule has 0 N–H and O–H groups in total. The molecule has 6 aromatic heterocycles. The van der Waals surface area contributed by atoms with Crippen molar-refractivity contribution in [3.8, 4) is 51.8 Å². The maximum atomic E-state index is 13.6. The fraction of sp³-hybridized carbons (Fsp3) is 0.340. The summed E-state index contributed by atoms with van der Waals surface area (Å²) in [7, 11) is 4.89. The second-order valence-corrected chi connectivity index (χ2v) is 17.8. The third-order valence-corrected chi connectivity index (χ3v) is 12.3. The molecule has 0 fully saturated rings. The molecule has 0 radical (unpaired) electrons. The fourth-order valence-corrected chi connectivity index (χ4v) is 9.00. The van der Waals surface area contributed by atoms with E-state index in [1.54, 1.807) is 39.0 Å². The van der Waals surface area contributed by atoms with Crippen molar-refractivity contribution in [2.24, 2.45) is 0 Å². The van der Waals surface area contributed by atoms with Crippen molar-refractivity contribution in [3.63, 3.8) is 0 Å². The molecule has 2 aromatic carbocycles. The van der Waals surface area contributed by atoms with Crippen LogP contribution in [0.5, 0.6) is 17.5 Å². The summed E-state index contributed by atoms with van der Waals surface area (Å²) in [6.07, 6.45) is 7.34. The predicted molar refractivity (Wildman–Crippen MR) is 246 cm³/mol. The first-order valence-corrected chi connectivity index (χ1v) is 22.1. The number of aryl methyl sites for hydroxylation is 4. The van der Waals surface area contributed by atoms with Crippen molar-refractivity contribution >= 4 is 0 Å². The zero-order chi connectivity index (χ0) is 47.2. The number of pyridine rings is 2. The normalized spacial score (nSPS) is 15.7. The first kappa shape index (κ1) is 44.9. The molecule has 17 heteroatoms.